The molecule has 1 heterocycles. The van der Waals surface area contributed by atoms with Crippen LogP contribution >= 0.6 is 11.3 Å². The molecular formula is C16H17N3O3S. The highest BCUT2D eigenvalue weighted by atomic mass is 32.1. The average Bonchev–Trinajstić information content (AvgIpc) is 2.96. The number of likely N-dealkylation sites (N-methyl/N-ethyl adjacent to an activating group) is 1. The minimum absolute atomic E-state index is 0.0193. The van der Waals surface area contributed by atoms with Gasteiger partial charge in [0.05, 0.1) is 16.0 Å². The molecule has 23 heavy (non-hydrogen) atoms. The van der Waals surface area contributed by atoms with E-state index in [1.807, 2.05) is 13.8 Å². The number of non-ortho nitro benzene ring substituents is 1. The van der Waals surface area contributed by atoms with Crippen molar-refractivity contribution in [3.63, 3.8) is 0 Å². The fourth-order valence-corrected chi connectivity index (χ4v) is 2.73. The molecule has 0 fully saturated rings. The number of rotatable bonds is 5. The van der Waals surface area contributed by atoms with Crippen molar-refractivity contribution >= 4 is 29.0 Å². The molecule has 6 nitrogen and oxygen atoms in total. The van der Waals surface area contributed by atoms with E-state index in [0.29, 0.717) is 0 Å². The second-order valence-electron chi connectivity index (χ2n) is 5.09. The average molecular weight is 331 g/mol. The third-order valence-corrected chi connectivity index (χ3v) is 4.40. The molecule has 0 saturated heterocycles. The minimum Gasteiger partial charge on any atom is -0.335 e. The second kappa shape index (κ2) is 7.15. The first-order valence-corrected chi connectivity index (χ1v) is 7.82. The van der Waals surface area contributed by atoms with E-state index in [-0.39, 0.29) is 17.6 Å². The number of aryl methyl sites for hydroxylation is 1. The molecule has 2 aromatic rings. The van der Waals surface area contributed by atoms with Crippen molar-refractivity contribution in [1.29, 1.82) is 0 Å². The van der Waals surface area contributed by atoms with E-state index in [2.05, 4.69) is 4.98 Å². The number of hydrogen-bond acceptors (Lipinski definition) is 5. The van der Waals surface area contributed by atoms with Gasteiger partial charge in [-0.15, -0.1) is 11.3 Å². The number of carbonyl (C=O) groups excluding carboxylic acids is 1. The molecule has 0 aliphatic carbocycles. The molecule has 0 spiro atoms. The number of nitrogens with zero attached hydrogens (tertiary/aromatic N) is 3. The third kappa shape index (κ3) is 4.23. The number of benzene rings is 1. The van der Waals surface area contributed by atoms with Crippen LogP contribution < -0.4 is 0 Å². The Hall–Kier alpha value is -2.54. The van der Waals surface area contributed by atoms with Gasteiger partial charge in [-0.1, -0.05) is 12.1 Å². The van der Waals surface area contributed by atoms with Gasteiger partial charge < -0.3 is 4.90 Å². The summed E-state index contributed by atoms with van der Waals surface area (Å²) in [6.07, 6.45) is 4.93. The van der Waals surface area contributed by atoms with E-state index in [1.165, 1.54) is 29.5 Å². The number of nitro benzene ring substituents is 1. The number of carbonyl (C=O) groups is 1. The van der Waals surface area contributed by atoms with Crippen molar-refractivity contribution in [2.45, 2.75) is 19.9 Å². The Morgan fingerprint density at radius 1 is 1.48 bits per heavy atom. The Morgan fingerprint density at radius 3 is 2.83 bits per heavy atom. The van der Waals surface area contributed by atoms with Gasteiger partial charge in [-0.3, -0.25) is 14.9 Å². The highest BCUT2D eigenvalue weighted by Gasteiger charge is 2.17. The molecule has 0 radical (unpaired) electrons. The van der Waals surface area contributed by atoms with Crippen LogP contribution in [0.1, 0.15) is 28.4 Å². The first-order valence-electron chi connectivity index (χ1n) is 7.00. The first kappa shape index (κ1) is 16.8. The molecule has 0 saturated carbocycles. The molecule has 0 aliphatic rings. The maximum Gasteiger partial charge on any atom is 0.269 e. The van der Waals surface area contributed by atoms with Gasteiger partial charge in [0.15, 0.2) is 0 Å². The van der Waals surface area contributed by atoms with E-state index in [1.54, 1.807) is 36.4 Å². The fraction of sp³-hybridized carbons (Fsp3) is 0.250. The summed E-state index contributed by atoms with van der Waals surface area (Å²) in [5.74, 6) is -0.171. The summed E-state index contributed by atoms with van der Waals surface area (Å²) in [5.41, 5.74) is 0.739. The number of thiazole rings is 1. The SMILES string of the molecule is Cc1ncc(C=CC(=O)N(C)C(C)c2cccc([N+](=O)[O-])c2)s1. The number of amides is 1. The van der Waals surface area contributed by atoms with Gasteiger partial charge in [-0.05, 0) is 25.5 Å². The summed E-state index contributed by atoms with van der Waals surface area (Å²) in [4.78, 5) is 29.2. The maximum atomic E-state index is 12.2. The van der Waals surface area contributed by atoms with Crippen molar-refractivity contribution in [3.05, 3.63) is 62.1 Å². The fourth-order valence-electron chi connectivity index (χ4n) is 2.04. The molecule has 2 rings (SSSR count). The molecule has 0 aliphatic heterocycles. The third-order valence-electron chi connectivity index (χ3n) is 3.52. The molecule has 7 heteroatoms. The monoisotopic (exact) mass is 331 g/mol. The Balaban J connectivity index is 2.10. The minimum atomic E-state index is -0.440. The molecule has 0 N–H and O–H groups in total. The van der Waals surface area contributed by atoms with Crippen LogP contribution in [-0.2, 0) is 4.79 Å². The summed E-state index contributed by atoms with van der Waals surface area (Å²) < 4.78 is 0. The van der Waals surface area contributed by atoms with Gasteiger partial charge in [0.25, 0.3) is 5.69 Å². The van der Waals surface area contributed by atoms with E-state index in [0.717, 1.165) is 15.4 Å². The van der Waals surface area contributed by atoms with Gasteiger partial charge >= 0.3 is 0 Å². The second-order valence-corrected chi connectivity index (χ2v) is 6.36. The van der Waals surface area contributed by atoms with E-state index < -0.39 is 4.92 Å². The van der Waals surface area contributed by atoms with Crippen molar-refractivity contribution in [2.75, 3.05) is 7.05 Å². The summed E-state index contributed by atoms with van der Waals surface area (Å²) in [5, 5.41) is 11.8. The van der Waals surface area contributed by atoms with Crippen LogP contribution in [0.25, 0.3) is 6.08 Å². The van der Waals surface area contributed by atoms with Crippen LogP contribution in [0.4, 0.5) is 5.69 Å². The Morgan fingerprint density at radius 2 is 2.22 bits per heavy atom. The van der Waals surface area contributed by atoms with Gasteiger partial charge in [-0.25, -0.2) is 4.98 Å². The Labute approximate surface area is 138 Å². The zero-order valence-electron chi connectivity index (χ0n) is 13.1. The normalized spacial score (nSPS) is 12.3. The summed E-state index contributed by atoms with van der Waals surface area (Å²) >= 11 is 1.51. The zero-order valence-corrected chi connectivity index (χ0v) is 13.9. The summed E-state index contributed by atoms with van der Waals surface area (Å²) in [6.45, 7) is 3.74. The van der Waals surface area contributed by atoms with Gasteiger partial charge in [0.2, 0.25) is 5.91 Å². The lowest BCUT2D eigenvalue weighted by Gasteiger charge is -2.24. The van der Waals surface area contributed by atoms with Crippen LogP contribution in [0.5, 0.6) is 0 Å². The number of nitro groups is 1. The van der Waals surface area contributed by atoms with E-state index >= 15 is 0 Å². The lowest BCUT2D eigenvalue weighted by molar-refractivity contribution is -0.384. The van der Waals surface area contributed by atoms with Gasteiger partial charge in [-0.2, -0.15) is 0 Å². The molecule has 1 atom stereocenters. The molecule has 1 amide bonds. The van der Waals surface area contributed by atoms with Gasteiger partial charge in [0, 0.05) is 36.3 Å². The quantitative estimate of drug-likeness (QED) is 0.476. The van der Waals surface area contributed by atoms with Crippen molar-refractivity contribution in [2.24, 2.45) is 0 Å². The van der Waals surface area contributed by atoms with Crippen molar-refractivity contribution < 1.29 is 9.72 Å². The van der Waals surface area contributed by atoms with Crippen LogP contribution in [0.15, 0.2) is 36.5 Å². The predicted molar refractivity (Wildman–Crippen MR) is 90.2 cm³/mol. The number of hydrogen-bond donors (Lipinski definition) is 0. The molecule has 120 valence electrons. The highest BCUT2D eigenvalue weighted by Crippen LogP contribution is 2.23. The van der Waals surface area contributed by atoms with Crippen molar-refractivity contribution in [3.8, 4) is 0 Å². The van der Waals surface area contributed by atoms with Crippen molar-refractivity contribution in [1.82, 2.24) is 9.88 Å². The zero-order chi connectivity index (χ0) is 17.0. The van der Waals surface area contributed by atoms with Crippen LogP contribution in [-0.4, -0.2) is 27.8 Å². The Bertz CT molecular complexity index is 755. The lowest BCUT2D eigenvalue weighted by atomic mass is 10.1. The lowest BCUT2D eigenvalue weighted by Crippen LogP contribution is -2.28. The number of aromatic nitrogens is 1. The largest absolute Gasteiger partial charge is 0.335 e. The Kier molecular flexibility index (Phi) is 5.23. The highest BCUT2D eigenvalue weighted by molar-refractivity contribution is 7.12. The van der Waals surface area contributed by atoms with E-state index in [9.17, 15) is 14.9 Å². The molecule has 0 bridgehead atoms. The molecular weight excluding hydrogens is 314 g/mol. The molecule has 1 unspecified atom stereocenters. The van der Waals surface area contributed by atoms with E-state index in [4.69, 9.17) is 0 Å². The van der Waals surface area contributed by atoms with Crippen LogP contribution in [0, 0.1) is 17.0 Å². The van der Waals surface area contributed by atoms with Crippen LogP contribution in [0.2, 0.25) is 0 Å². The standard InChI is InChI=1S/C16H17N3O3S/c1-11(13-5-4-6-14(9-13)19(21)22)18(3)16(20)8-7-15-10-17-12(2)23-15/h4-11H,1-3H3. The smallest absolute Gasteiger partial charge is 0.269 e. The maximum absolute atomic E-state index is 12.2. The van der Waals surface area contributed by atoms with Crippen LogP contribution in [0.3, 0.4) is 0 Å². The molecule has 1 aromatic heterocycles. The predicted octanol–water partition coefficient (Wildman–Crippen LogP) is 3.59. The summed E-state index contributed by atoms with van der Waals surface area (Å²) in [6, 6.07) is 6.06. The molecule has 1 aromatic carbocycles. The topological polar surface area (TPSA) is 76.3 Å². The van der Waals surface area contributed by atoms with Gasteiger partial charge in [0.1, 0.15) is 0 Å². The first-order chi connectivity index (χ1) is 10.9. The summed E-state index contributed by atoms with van der Waals surface area (Å²) in [7, 11) is 1.67.